The van der Waals surface area contributed by atoms with Crippen LogP contribution in [0.1, 0.15) is 20.7 Å². The number of carboxylic acid groups (broad SMARTS) is 2. The van der Waals surface area contributed by atoms with Crippen molar-refractivity contribution >= 4 is 45.9 Å². The molecule has 0 radical (unpaired) electrons. The lowest BCUT2D eigenvalue weighted by atomic mass is 10.1. The summed E-state index contributed by atoms with van der Waals surface area (Å²) in [4.78, 5) is 20.7. The van der Waals surface area contributed by atoms with Crippen LogP contribution in [0.5, 0.6) is 0 Å². The van der Waals surface area contributed by atoms with Gasteiger partial charge in [0.15, 0.2) is 0 Å². The number of carbonyl (C=O) groups is 2. The lowest BCUT2D eigenvalue weighted by Crippen LogP contribution is -1.99. The second kappa shape index (κ2) is 6.56. The highest BCUT2D eigenvalue weighted by molar-refractivity contribution is 8.93. The molecule has 0 aliphatic rings. The minimum atomic E-state index is -1.06. The van der Waals surface area contributed by atoms with Gasteiger partial charge in [0, 0.05) is 0 Å². The lowest BCUT2D eigenvalue weighted by Gasteiger charge is -1.94. The average molecular weight is 328 g/mol. The summed E-state index contributed by atoms with van der Waals surface area (Å²) in [6.07, 6.45) is 0. The molecule has 2 N–H and O–H groups in total. The van der Waals surface area contributed by atoms with Gasteiger partial charge in [0.2, 0.25) is 0 Å². The molecule has 1 aromatic carbocycles. The molecule has 0 aliphatic carbocycles. The molecule has 0 amide bonds. The third-order valence-corrected chi connectivity index (χ3v) is 1.38. The molecule has 0 aromatic heterocycles. The molecule has 6 heteroatoms. The van der Waals surface area contributed by atoms with E-state index >= 15 is 0 Å². The summed E-state index contributed by atoms with van der Waals surface area (Å²) in [6.45, 7) is 0. The molecular weight excluding hydrogens is 320 g/mol. The van der Waals surface area contributed by atoms with Crippen molar-refractivity contribution in [3.63, 3.8) is 0 Å². The van der Waals surface area contributed by atoms with Crippen LogP contribution in [0, 0.1) is 0 Å². The van der Waals surface area contributed by atoms with E-state index in [1.807, 2.05) is 0 Å². The summed E-state index contributed by atoms with van der Waals surface area (Å²) in [5, 5.41) is 16.9. The SMILES string of the molecule is Br.Br.O=C(O)c1ccc(C(=O)O)cc1. The molecule has 0 heterocycles. The fraction of sp³-hybridized carbons (Fsp3) is 0. The predicted octanol–water partition coefficient (Wildman–Crippen LogP) is 2.24. The zero-order valence-corrected chi connectivity index (χ0v) is 10.3. The fourth-order valence-corrected chi connectivity index (χ4v) is 0.755. The second-order valence-electron chi connectivity index (χ2n) is 2.19. The number of aromatic carboxylic acids is 2. The summed E-state index contributed by atoms with van der Waals surface area (Å²) < 4.78 is 0. The summed E-state index contributed by atoms with van der Waals surface area (Å²) in [6, 6.07) is 5.02. The molecule has 0 fully saturated rings. The van der Waals surface area contributed by atoms with E-state index in [9.17, 15) is 9.59 Å². The Kier molecular flexibility index (Phi) is 7.30. The van der Waals surface area contributed by atoms with Gasteiger partial charge in [-0.3, -0.25) is 0 Å². The summed E-state index contributed by atoms with van der Waals surface area (Å²) in [5.41, 5.74) is 0.167. The van der Waals surface area contributed by atoms with Crippen LogP contribution in [0.4, 0.5) is 0 Å². The molecule has 0 unspecified atom stereocenters. The van der Waals surface area contributed by atoms with Crippen LogP contribution < -0.4 is 0 Å². The Balaban J connectivity index is 0. The zero-order chi connectivity index (χ0) is 9.14. The summed E-state index contributed by atoms with van der Waals surface area (Å²) >= 11 is 0. The Morgan fingerprint density at radius 2 is 1.00 bits per heavy atom. The highest BCUT2D eigenvalue weighted by atomic mass is 79.9. The van der Waals surface area contributed by atoms with Crippen molar-refractivity contribution in [1.82, 2.24) is 0 Å². The second-order valence-corrected chi connectivity index (χ2v) is 2.19. The standard InChI is InChI=1S/C8H6O4.2BrH/c9-7(10)5-1-2-6(4-3-5)8(11)12;;/h1-4H,(H,9,10)(H,11,12);2*1H. The first-order chi connectivity index (χ1) is 5.61. The molecule has 0 aliphatic heterocycles. The third kappa shape index (κ3) is 3.89. The number of rotatable bonds is 2. The Labute approximate surface area is 101 Å². The average Bonchev–Trinajstić information content (AvgIpc) is 2.04. The van der Waals surface area contributed by atoms with Crippen molar-refractivity contribution in [2.45, 2.75) is 0 Å². The van der Waals surface area contributed by atoms with Crippen LogP contribution in [0.25, 0.3) is 0 Å². The maximum Gasteiger partial charge on any atom is 0.335 e. The van der Waals surface area contributed by atoms with Crippen molar-refractivity contribution in [2.24, 2.45) is 0 Å². The Hall–Kier alpha value is -0.880. The fourth-order valence-electron chi connectivity index (χ4n) is 0.755. The topological polar surface area (TPSA) is 74.6 Å². The Morgan fingerprint density at radius 1 is 0.786 bits per heavy atom. The predicted molar refractivity (Wildman–Crippen MR) is 61.0 cm³/mol. The molecule has 0 atom stereocenters. The van der Waals surface area contributed by atoms with E-state index in [2.05, 4.69) is 0 Å². The van der Waals surface area contributed by atoms with Crippen molar-refractivity contribution in [1.29, 1.82) is 0 Å². The first kappa shape index (κ1) is 15.6. The van der Waals surface area contributed by atoms with Crippen molar-refractivity contribution in [3.8, 4) is 0 Å². The number of halogens is 2. The van der Waals surface area contributed by atoms with E-state index < -0.39 is 11.9 Å². The third-order valence-electron chi connectivity index (χ3n) is 1.38. The maximum absolute atomic E-state index is 10.3. The van der Waals surface area contributed by atoms with Gasteiger partial charge < -0.3 is 10.2 Å². The van der Waals surface area contributed by atoms with Crippen molar-refractivity contribution in [3.05, 3.63) is 35.4 Å². The normalized spacial score (nSPS) is 8.00. The van der Waals surface area contributed by atoms with E-state index in [0.29, 0.717) is 0 Å². The molecule has 0 saturated carbocycles. The van der Waals surface area contributed by atoms with Gasteiger partial charge >= 0.3 is 11.9 Å². The van der Waals surface area contributed by atoms with E-state index in [1.54, 1.807) is 0 Å². The van der Waals surface area contributed by atoms with Crippen LogP contribution in [-0.2, 0) is 0 Å². The van der Waals surface area contributed by atoms with Crippen LogP contribution in [0.2, 0.25) is 0 Å². The van der Waals surface area contributed by atoms with Crippen LogP contribution in [0.3, 0.4) is 0 Å². The number of hydrogen-bond acceptors (Lipinski definition) is 2. The van der Waals surface area contributed by atoms with Gasteiger partial charge in [-0.25, -0.2) is 9.59 Å². The van der Waals surface area contributed by atoms with Gasteiger partial charge in [0.1, 0.15) is 0 Å². The van der Waals surface area contributed by atoms with Crippen molar-refractivity contribution < 1.29 is 19.8 Å². The monoisotopic (exact) mass is 326 g/mol. The molecule has 1 rings (SSSR count). The van der Waals surface area contributed by atoms with E-state index in [-0.39, 0.29) is 45.1 Å². The molecule has 0 saturated heterocycles. The highest BCUT2D eigenvalue weighted by Gasteiger charge is 2.04. The van der Waals surface area contributed by atoms with Crippen LogP contribution >= 0.6 is 34.0 Å². The van der Waals surface area contributed by atoms with Gasteiger partial charge in [-0.1, -0.05) is 0 Å². The Bertz CT molecular complexity index is 288. The molecular formula is C8H8Br2O4. The maximum atomic E-state index is 10.3. The smallest absolute Gasteiger partial charge is 0.335 e. The van der Waals surface area contributed by atoms with Gasteiger partial charge in [0.25, 0.3) is 0 Å². The van der Waals surface area contributed by atoms with Gasteiger partial charge in [0.05, 0.1) is 11.1 Å². The van der Waals surface area contributed by atoms with Gasteiger partial charge in [-0.15, -0.1) is 34.0 Å². The molecule has 4 nitrogen and oxygen atoms in total. The van der Waals surface area contributed by atoms with Gasteiger partial charge in [-0.2, -0.15) is 0 Å². The van der Waals surface area contributed by atoms with Gasteiger partial charge in [-0.05, 0) is 24.3 Å². The molecule has 0 spiro atoms. The molecule has 1 aromatic rings. The van der Waals surface area contributed by atoms with E-state index in [4.69, 9.17) is 10.2 Å². The minimum Gasteiger partial charge on any atom is -0.478 e. The Morgan fingerprint density at radius 3 is 1.14 bits per heavy atom. The molecule has 14 heavy (non-hydrogen) atoms. The number of hydrogen-bond donors (Lipinski definition) is 2. The van der Waals surface area contributed by atoms with Crippen molar-refractivity contribution in [2.75, 3.05) is 0 Å². The quantitative estimate of drug-likeness (QED) is 0.873. The van der Waals surface area contributed by atoms with E-state index in [1.165, 1.54) is 24.3 Å². The van der Waals surface area contributed by atoms with Crippen LogP contribution in [-0.4, -0.2) is 22.2 Å². The number of benzene rings is 1. The first-order valence-electron chi connectivity index (χ1n) is 3.18. The summed E-state index contributed by atoms with van der Waals surface area (Å²) in [5.74, 6) is -2.13. The molecule has 0 bridgehead atoms. The minimum absolute atomic E-state index is 0. The number of carboxylic acids is 2. The highest BCUT2D eigenvalue weighted by Crippen LogP contribution is 2.03. The lowest BCUT2D eigenvalue weighted by molar-refractivity contribution is 0.0681. The molecule has 78 valence electrons. The van der Waals surface area contributed by atoms with E-state index in [0.717, 1.165) is 0 Å². The first-order valence-corrected chi connectivity index (χ1v) is 3.18. The summed E-state index contributed by atoms with van der Waals surface area (Å²) in [7, 11) is 0. The largest absolute Gasteiger partial charge is 0.478 e. The zero-order valence-electron chi connectivity index (χ0n) is 6.84. The van der Waals surface area contributed by atoms with Crippen LogP contribution in [0.15, 0.2) is 24.3 Å².